The van der Waals surface area contributed by atoms with E-state index < -0.39 is 6.10 Å². The molecule has 0 saturated carbocycles. The summed E-state index contributed by atoms with van der Waals surface area (Å²) in [5.41, 5.74) is 0. The van der Waals surface area contributed by atoms with E-state index in [0.29, 0.717) is 5.92 Å². The molecule has 0 saturated heterocycles. The Hall–Kier alpha value is -0.300. The number of aliphatic hydroxyl groups is 1. The van der Waals surface area contributed by atoms with Crippen molar-refractivity contribution in [3.05, 3.63) is 33.4 Å². The van der Waals surface area contributed by atoms with E-state index in [1.54, 1.807) is 0 Å². The third kappa shape index (κ3) is 5.69. The Morgan fingerprint density at radius 2 is 1.56 bits per heavy atom. The molecule has 6 radical (unpaired) electrons. The summed E-state index contributed by atoms with van der Waals surface area (Å²) in [5, 5.41) is 9.55. The smallest absolute Gasteiger partial charge is 0.0749 e. The van der Waals surface area contributed by atoms with Gasteiger partial charge in [-0.25, -0.2) is 0 Å². The molecule has 1 N–H and O–H groups in total. The van der Waals surface area contributed by atoms with Crippen molar-refractivity contribution in [1.82, 2.24) is 0 Å². The van der Waals surface area contributed by atoms with E-state index in [1.165, 1.54) is 6.08 Å². The van der Waals surface area contributed by atoms with Gasteiger partial charge in [-0.15, -0.1) is 6.58 Å². The lowest BCUT2D eigenvalue weighted by atomic mass is 9.75. The molecule has 0 aliphatic carbocycles. The molecule has 0 fully saturated rings. The van der Waals surface area contributed by atoms with Crippen LogP contribution in [0.15, 0.2) is 12.7 Å². The highest BCUT2D eigenvalue weighted by atomic mass is 16.3. The second-order valence-corrected chi connectivity index (χ2v) is 4.10. The Morgan fingerprint density at radius 3 is 1.88 bits per heavy atom. The summed E-state index contributed by atoms with van der Waals surface area (Å²) >= 11 is 0. The van der Waals surface area contributed by atoms with Crippen LogP contribution in [0.5, 0.6) is 0 Å². The summed E-state index contributed by atoms with van der Waals surface area (Å²) in [6.45, 7) is 23.9. The molecule has 0 aromatic carbocycles. The first kappa shape index (κ1) is 18.1. The summed E-state index contributed by atoms with van der Waals surface area (Å²) in [5.74, 6) is 0.692. The van der Waals surface area contributed by atoms with Gasteiger partial charge in [0.1, 0.15) is 0 Å². The van der Waals surface area contributed by atoms with Crippen molar-refractivity contribution in [1.29, 1.82) is 0 Å². The fourth-order valence-electron chi connectivity index (χ4n) is 1.47. The fraction of sp³-hybridized carbons (Fsp3) is 0.667. The van der Waals surface area contributed by atoms with Crippen LogP contribution in [-0.2, 0) is 0 Å². The lowest BCUT2D eigenvalue weighted by Gasteiger charge is -2.31. The van der Waals surface area contributed by atoms with Crippen molar-refractivity contribution in [3.8, 4) is 0 Å². The van der Waals surface area contributed by atoms with Gasteiger partial charge in [0.25, 0.3) is 0 Å². The Balaban J connectivity index is -0.000000124. The average molecular weight is 228 g/mol. The molecule has 16 heavy (non-hydrogen) atoms. The van der Waals surface area contributed by atoms with E-state index in [-0.39, 0.29) is 22.0 Å². The molecular formula is C15H32O. The van der Waals surface area contributed by atoms with Crippen molar-refractivity contribution in [3.63, 3.8) is 0 Å². The lowest BCUT2D eigenvalue weighted by molar-refractivity contribution is 0.125. The minimum Gasteiger partial charge on any atom is -0.389 e. The molecule has 5 atom stereocenters. The zero-order chi connectivity index (χ0) is 13.3. The molecule has 0 aliphatic heterocycles. The number of hydrogen-bond donors (Lipinski definition) is 1. The van der Waals surface area contributed by atoms with Gasteiger partial charge in [0.15, 0.2) is 0 Å². The zero-order valence-electron chi connectivity index (χ0n) is 14.4. The molecule has 0 rings (SSSR count). The number of aliphatic hydroxyl groups excluding tert-OH is 1. The Morgan fingerprint density at radius 1 is 1.12 bits per heavy atom. The molecule has 0 aromatic heterocycles. The largest absolute Gasteiger partial charge is 0.389 e. The molecule has 0 heterocycles. The molecule has 0 amide bonds. The normalized spacial score (nSPS) is 19.8. The first-order chi connectivity index (χ1) is 7.45. The predicted molar refractivity (Wildman–Crippen MR) is 76.9 cm³/mol. The van der Waals surface area contributed by atoms with Crippen LogP contribution < -0.4 is 0 Å². The maximum absolute atomic E-state index is 9.55. The minimum absolute atomic E-state index is 0. The van der Waals surface area contributed by atoms with Gasteiger partial charge in [0.05, 0.1) is 6.10 Å². The third-order valence-corrected chi connectivity index (χ3v) is 3.15. The van der Waals surface area contributed by atoms with E-state index in [2.05, 4.69) is 41.2 Å². The first-order valence-electron chi connectivity index (χ1n) is 6.25. The van der Waals surface area contributed by atoms with Gasteiger partial charge in [-0.2, -0.15) is 0 Å². The van der Waals surface area contributed by atoms with Crippen LogP contribution in [0.1, 0.15) is 38.4 Å². The SMILES string of the molecule is CC.[CH2]C(C(O)C=C)C([CH2])C([CH2])C(C)CC.[H].[H].[H]. The predicted octanol–water partition coefficient (Wildman–Crippen LogP) is 4.29. The van der Waals surface area contributed by atoms with Gasteiger partial charge < -0.3 is 5.11 Å². The standard InChI is InChI=1S/C13H23O.C2H6.3H/c1-7-9(3)10(4)11(5)12(6)13(14)8-2;1-2;;;/h8-14H,2,4-7H2,1,3H3;1-2H3;;;. The van der Waals surface area contributed by atoms with Gasteiger partial charge in [0.2, 0.25) is 0 Å². The molecule has 0 bridgehead atoms. The quantitative estimate of drug-likeness (QED) is 0.672. The van der Waals surface area contributed by atoms with Crippen LogP contribution in [0.4, 0.5) is 0 Å². The summed E-state index contributed by atoms with van der Waals surface area (Å²) in [6.07, 6.45) is 2.02. The molecule has 5 unspecified atom stereocenters. The second kappa shape index (κ2) is 9.89. The molecule has 98 valence electrons. The molecule has 1 nitrogen and oxygen atoms in total. The van der Waals surface area contributed by atoms with E-state index in [9.17, 15) is 5.11 Å². The summed E-state index contributed by atoms with van der Waals surface area (Å²) in [7, 11) is 0. The van der Waals surface area contributed by atoms with Gasteiger partial charge in [-0.3, -0.25) is 0 Å². The number of hydrogen-bond acceptors (Lipinski definition) is 1. The fourth-order valence-corrected chi connectivity index (χ4v) is 1.47. The van der Waals surface area contributed by atoms with Crippen LogP contribution >= 0.6 is 0 Å². The van der Waals surface area contributed by atoms with Crippen molar-refractivity contribution in [2.45, 2.75) is 40.2 Å². The zero-order valence-corrected chi connectivity index (χ0v) is 11.4. The van der Waals surface area contributed by atoms with Gasteiger partial charge in [-0.1, -0.05) is 40.2 Å². The van der Waals surface area contributed by atoms with Crippen LogP contribution in [0.2, 0.25) is 0 Å². The van der Waals surface area contributed by atoms with Gasteiger partial charge in [0, 0.05) is 4.28 Å². The average Bonchev–Trinajstić information content (AvgIpc) is 2.36. The third-order valence-electron chi connectivity index (χ3n) is 3.15. The van der Waals surface area contributed by atoms with Crippen LogP contribution in [0.3, 0.4) is 0 Å². The van der Waals surface area contributed by atoms with E-state index in [1.807, 2.05) is 13.8 Å². The van der Waals surface area contributed by atoms with Crippen molar-refractivity contribution in [2.75, 3.05) is 0 Å². The second-order valence-electron chi connectivity index (χ2n) is 4.10. The molecular weight excluding hydrogens is 196 g/mol. The van der Waals surface area contributed by atoms with E-state index >= 15 is 0 Å². The van der Waals surface area contributed by atoms with Crippen molar-refractivity contribution in [2.24, 2.45) is 23.7 Å². The maximum Gasteiger partial charge on any atom is 0.0749 e. The highest BCUT2D eigenvalue weighted by Crippen LogP contribution is 2.29. The monoisotopic (exact) mass is 228 g/mol. The maximum atomic E-state index is 9.55. The molecule has 0 spiro atoms. The van der Waals surface area contributed by atoms with Crippen LogP contribution in [0, 0.1) is 44.4 Å². The Labute approximate surface area is 107 Å². The highest BCUT2D eigenvalue weighted by molar-refractivity contribution is 4.93. The molecule has 1 heteroatoms. The Kier molecular flexibility index (Phi) is 11.2. The Bertz CT molecular complexity index is 177. The highest BCUT2D eigenvalue weighted by Gasteiger charge is 2.26. The van der Waals surface area contributed by atoms with E-state index in [4.69, 9.17) is 0 Å². The van der Waals surface area contributed by atoms with Crippen LogP contribution in [0.25, 0.3) is 0 Å². The van der Waals surface area contributed by atoms with Gasteiger partial charge in [-0.05, 0) is 44.4 Å². The van der Waals surface area contributed by atoms with Gasteiger partial charge >= 0.3 is 0 Å². The summed E-state index contributed by atoms with van der Waals surface area (Å²) in [4.78, 5) is 0. The summed E-state index contributed by atoms with van der Waals surface area (Å²) < 4.78 is 0. The molecule has 0 aliphatic rings. The van der Waals surface area contributed by atoms with Crippen LogP contribution in [-0.4, -0.2) is 11.2 Å². The molecule has 0 aromatic rings. The van der Waals surface area contributed by atoms with E-state index in [0.717, 1.165) is 6.42 Å². The summed E-state index contributed by atoms with van der Waals surface area (Å²) in [6, 6.07) is 0. The lowest BCUT2D eigenvalue weighted by Crippen LogP contribution is -2.29. The first-order valence-corrected chi connectivity index (χ1v) is 6.25. The van der Waals surface area contributed by atoms with Crippen molar-refractivity contribution >= 4 is 0 Å². The van der Waals surface area contributed by atoms with Crippen molar-refractivity contribution < 1.29 is 9.39 Å². The number of rotatable bonds is 6. The minimum atomic E-state index is -0.578. The topological polar surface area (TPSA) is 20.2 Å².